The van der Waals surface area contributed by atoms with Crippen LogP contribution in [0.2, 0.25) is 0 Å². The SMILES string of the molecule is ON=Cc1n[nH]c2c1C=CC(c1ccc(F)cc1)(c1ccc(F)cc1)C2. The Balaban J connectivity index is 1.88. The number of aromatic amines is 1. The number of H-pyrrole nitrogens is 1. The molecule has 0 saturated heterocycles. The third-order valence-electron chi connectivity index (χ3n) is 4.80. The highest BCUT2D eigenvalue weighted by Crippen LogP contribution is 2.41. The number of rotatable bonds is 3. The minimum Gasteiger partial charge on any atom is -0.411 e. The Kier molecular flexibility index (Phi) is 3.88. The maximum absolute atomic E-state index is 13.4. The van der Waals surface area contributed by atoms with Gasteiger partial charge < -0.3 is 5.21 Å². The molecule has 4 rings (SSSR count). The van der Waals surface area contributed by atoms with Crippen LogP contribution in [0.25, 0.3) is 6.08 Å². The molecule has 0 bridgehead atoms. The zero-order valence-corrected chi connectivity index (χ0v) is 13.7. The molecular formula is C20H15F2N3O. The van der Waals surface area contributed by atoms with Gasteiger partial charge in [0.15, 0.2) is 0 Å². The van der Waals surface area contributed by atoms with Crippen molar-refractivity contribution in [1.29, 1.82) is 0 Å². The molecular weight excluding hydrogens is 336 g/mol. The van der Waals surface area contributed by atoms with Crippen LogP contribution in [0, 0.1) is 11.6 Å². The van der Waals surface area contributed by atoms with Gasteiger partial charge in [0.05, 0.1) is 6.21 Å². The molecule has 1 aromatic heterocycles. The van der Waals surface area contributed by atoms with E-state index in [1.807, 2.05) is 12.2 Å². The summed E-state index contributed by atoms with van der Waals surface area (Å²) < 4.78 is 26.9. The van der Waals surface area contributed by atoms with Crippen molar-refractivity contribution >= 4 is 12.3 Å². The van der Waals surface area contributed by atoms with Crippen LogP contribution in [-0.4, -0.2) is 21.6 Å². The molecule has 3 aromatic rings. The quantitative estimate of drug-likeness (QED) is 0.425. The van der Waals surface area contributed by atoms with Gasteiger partial charge >= 0.3 is 0 Å². The van der Waals surface area contributed by atoms with Gasteiger partial charge in [0.1, 0.15) is 17.3 Å². The summed E-state index contributed by atoms with van der Waals surface area (Å²) >= 11 is 0. The fourth-order valence-electron chi connectivity index (χ4n) is 3.50. The molecule has 0 spiro atoms. The summed E-state index contributed by atoms with van der Waals surface area (Å²) in [5.41, 5.74) is 3.41. The van der Waals surface area contributed by atoms with E-state index in [1.165, 1.54) is 30.5 Å². The fraction of sp³-hybridized carbons (Fsp3) is 0.100. The molecule has 130 valence electrons. The zero-order chi connectivity index (χ0) is 18.1. The first-order valence-electron chi connectivity index (χ1n) is 8.08. The molecule has 1 heterocycles. The van der Waals surface area contributed by atoms with Crippen LogP contribution in [0.3, 0.4) is 0 Å². The molecule has 0 fully saturated rings. The van der Waals surface area contributed by atoms with E-state index in [1.54, 1.807) is 24.3 Å². The van der Waals surface area contributed by atoms with Crippen molar-refractivity contribution in [3.8, 4) is 0 Å². The van der Waals surface area contributed by atoms with Gasteiger partial charge in [0.25, 0.3) is 0 Å². The third-order valence-corrected chi connectivity index (χ3v) is 4.80. The van der Waals surface area contributed by atoms with Crippen molar-refractivity contribution in [3.63, 3.8) is 0 Å². The van der Waals surface area contributed by atoms with E-state index in [9.17, 15) is 8.78 Å². The lowest BCUT2D eigenvalue weighted by atomic mass is 9.68. The second kappa shape index (κ2) is 6.22. The molecule has 0 aliphatic heterocycles. The van der Waals surface area contributed by atoms with Gasteiger partial charge in [0.2, 0.25) is 0 Å². The summed E-state index contributed by atoms with van der Waals surface area (Å²) in [6.45, 7) is 0. The van der Waals surface area contributed by atoms with Crippen molar-refractivity contribution in [2.45, 2.75) is 11.8 Å². The second-order valence-corrected chi connectivity index (χ2v) is 6.24. The predicted molar refractivity (Wildman–Crippen MR) is 94.3 cm³/mol. The summed E-state index contributed by atoms with van der Waals surface area (Å²) in [6, 6.07) is 12.6. The molecule has 0 unspecified atom stereocenters. The molecule has 0 amide bonds. The van der Waals surface area contributed by atoms with E-state index in [0.29, 0.717) is 12.1 Å². The van der Waals surface area contributed by atoms with Gasteiger partial charge in [-0.3, -0.25) is 5.10 Å². The maximum Gasteiger partial charge on any atom is 0.123 e. The van der Waals surface area contributed by atoms with Gasteiger partial charge in [-0.2, -0.15) is 5.10 Å². The largest absolute Gasteiger partial charge is 0.411 e. The van der Waals surface area contributed by atoms with Crippen molar-refractivity contribution in [3.05, 3.63) is 94.3 Å². The summed E-state index contributed by atoms with van der Waals surface area (Å²) in [4.78, 5) is 0. The molecule has 1 aliphatic carbocycles. The average Bonchev–Trinajstić information content (AvgIpc) is 3.05. The number of allylic oxidation sites excluding steroid dienone is 1. The number of aromatic nitrogens is 2. The number of halogens is 2. The van der Waals surface area contributed by atoms with Crippen LogP contribution in [0.5, 0.6) is 0 Å². The maximum atomic E-state index is 13.4. The van der Waals surface area contributed by atoms with Crippen LogP contribution < -0.4 is 0 Å². The normalized spacial score (nSPS) is 15.3. The highest BCUT2D eigenvalue weighted by Gasteiger charge is 2.36. The monoisotopic (exact) mass is 351 g/mol. The highest BCUT2D eigenvalue weighted by atomic mass is 19.1. The molecule has 4 nitrogen and oxygen atoms in total. The Morgan fingerprint density at radius 3 is 2.12 bits per heavy atom. The first kappa shape index (κ1) is 16.2. The molecule has 0 saturated carbocycles. The second-order valence-electron chi connectivity index (χ2n) is 6.24. The minimum atomic E-state index is -0.589. The van der Waals surface area contributed by atoms with Crippen molar-refractivity contribution in [2.24, 2.45) is 5.16 Å². The van der Waals surface area contributed by atoms with Gasteiger partial charge in [-0.1, -0.05) is 41.6 Å². The lowest BCUT2D eigenvalue weighted by Gasteiger charge is -2.34. The summed E-state index contributed by atoms with van der Waals surface area (Å²) in [5, 5.41) is 18.9. The minimum absolute atomic E-state index is 0.313. The van der Waals surface area contributed by atoms with E-state index >= 15 is 0 Å². The van der Waals surface area contributed by atoms with Crippen molar-refractivity contribution in [1.82, 2.24) is 10.2 Å². The Hall–Kier alpha value is -3.28. The molecule has 26 heavy (non-hydrogen) atoms. The number of fused-ring (bicyclic) bond motifs is 1. The van der Waals surface area contributed by atoms with Crippen molar-refractivity contribution in [2.75, 3.05) is 0 Å². The van der Waals surface area contributed by atoms with Crippen LogP contribution in [0.1, 0.15) is 28.1 Å². The number of nitrogens with one attached hydrogen (secondary N) is 1. The molecule has 2 N–H and O–H groups in total. The van der Waals surface area contributed by atoms with Crippen LogP contribution in [0.4, 0.5) is 8.78 Å². The summed E-state index contributed by atoms with van der Waals surface area (Å²) in [5.74, 6) is -0.627. The first-order valence-corrected chi connectivity index (χ1v) is 8.08. The van der Waals surface area contributed by atoms with Gasteiger partial charge in [-0.15, -0.1) is 0 Å². The summed E-state index contributed by atoms with van der Waals surface area (Å²) in [7, 11) is 0. The number of oxime groups is 1. The Labute approximate surface area is 148 Å². The van der Waals surface area contributed by atoms with Gasteiger partial charge in [0, 0.05) is 23.1 Å². The van der Waals surface area contributed by atoms with Gasteiger partial charge in [-0.05, 0) is 35.4 Å². The average molecular weight is 351 g/mol. The number of nitrogens with zero attached hydrogens (tertiary/aromatic N) is 2. The molecule has 0 radical (unpaired) electrons. The van der Waals surface area contributed by atoms with Crippen LogP contribution >= 0.6 is 0 Å². The van der Waals surface area contributed by atoms with E-state index < -0.39 is 5.41 Å². The fourth-order valence-corrected chi connectivity index (χ4v) is 3.50. The summed E-state index contributed by atoms with van der Waals surface area (Å²) in [6.07, 6.45) is 5.69. The number of hydrogen-bond acceptors (Lipinski definition) is 3. The van der Waals surface area contributed by atoms with E-state index in [-0.39, 0.29) is 11.6 Å². The van der Waals surface area contributed by atoms with Crippen LogP contribution in [-0.2, 0) is 11.8 Å². The Bertz CT molecular complexity index is 943. The topological polar surface area (TPSA) is 61.3 Å². The van der Waals surface area contributed by atoms with E-state index in [0.717, 1.165) is 22.4 Å². The van der Waals surface area contributed by atoms with E-state index in [2.05, 4.69) is 15.4 Å². The molecule has 0 atom stereocenters. The lowest BCUT2D eigenvalue weighted by Crippen LogP contribution is -2.30. The predicted octanol–water partition coefficient (Wildman–Crippen LogP) is 4.05. The highest BCUT2D eigenvalue weighted by molar-refractivity contribution is 5.84. The number of hydrogen-bond donors (Lipinski definition) is 2. The Morgan fingerprint density at radius 2 is 1.58 bits per heavy atom. The van der Waals surface area contributed by atoms with E-state index in [4.69, 9.17) is 5.21 Å². The molecule has 2 aromatic carbocycles. The zero-order valence-electron chi connectivity index (χ0n) is 13.7. The molecule has 6 heteroatoms. The van der Waals surface area contributed by atoms with Gasteiger partial charge in [-0.25, -0.2) is 8.78 Å². The van der Waals surface area contributed by atoms with Crippen LogP contribution in [0.15, 0.2) is 59.8 Å². The Morgan fingerprint density at radius 1 is 1.00 bits per heavy atom. The number of benzene rings is 2. The standard InChI is InChI=1S/C20H15F2N3O/c21-15-5-1-13(2-6-15)20(14-3-7-16(22)8-4-14)10-9-17-18(11-20)24-25-19(17)12-23-26/h1-10,12,26H,11H2,(H,24,25). The van der Waals surface area contributed by atoms with Crippen molar-refractivity contribution < 1.29 is 14.0 Å². The smallest absolute Gasteiger partial charge is 0.123 e. The lowest BCUT2D eigenvalue weighted by molar-refractivity contribution is 0.321. The molecule has 1 aliphatic rings. The first-order chi connectivity index (χ1) is 12.6. The third kappa shape index (κ3) is 2.60.